The molecule has 6 nitrogen and oxygen atoms in total. The van der Waals surface area contributed by atoms with Crippen LogP contribution >= 0.6 is 0 Å². The predicted molar refractivity (Wildman–Crippen MR) is 109 cm³/mol. The van der Waals surface area contributed by atoms with E-state index in [-0.39, 0.29) is 12.1 Å². The molecular weight excluding hydrogens is 364 g/mol. The van der Waals surface area contributed by atoms with Crippen molar-refractivity contribution in [1.29, 1.82) is 0 Å². The van der Waals surface area contributed by atoms with Gasteiger partial charge in [0, 0.05) is 32.5 Å². The van der Waals surface area contributed by atoms with E-state index in [2.05, 4.69) is 13.5 Å². The van der Waals surface area contributed by atoms with E-state index in [1.807, 2.05) is 13.8 Å². The molecule has 0 radical (unpaired) electrons. The Kier molecular flexibility index (Phi) is 16.9. The Hall–Kier alpha value is -0.733. The highest BCUT2D eigenvalue weighted by Gasteiger charge is 2.45. The molecule has 0 saturated carbocycles. The van der Waals surface area contributed by atoms with Gasteiger partial charge in [0.05, 0.1) is 6.61 Å². The largest absolute Gasteiger partial charge is 0.679 e. The van der Waals surface area contributed by atoms with Crippen LogP contribution in [0, 0.1) is 0 Å². The molecule has 0 spiro atoms. The molecule has 7 heteroatoms. The SMILES string of the molecule is C=CC(=O)OCCCCCCCCCCC(C)O[Si](OC)(OCC)OCC. The van der Waals surface area contributed by atoms with E-state index in [4.69, 9.17) is 22.4 Å². The lowest BCUT2D eigenvalue weighted by molar-refractivity contribution is -0.137. The van der Waals surface area contributed by atoms with Gasteiger partial charge in [-0.2, -0.15) is 0 Å². The minimum Gasteiger partial charge on any atom is -0.463 e. The van der Waals surface area contributed by atoms with Gasteiger partial charge in [-0.25, -0.2) is 4.79 Å². The van der Waals surface area contributed by atoms with Crippen molar-refractivity contribution in [2.24, 2.45) is 0 Å². The summed E-state index contributed by atoms with van der Waals surface area (Å²) in [6.45, 7) is 10.8. The van der Waals surface area contributed by atoms with Gasteiger partial charge in [-0.15, -0.1) is 0 Å². The maximum Gasteiger partial charge on any atom is 0.679 e. The van der Waals surface area contributed by atoms with Crippen molar-refractivity contribution in [3.8, 4) is 0 Å². The maximum absolute atomic E-state index is 10.9. The van der Waals surface area contributed by atoms with Crippen LogP contribution in [0.2, 0.25) is 0 Å². The minimum absolute atomic E-state index is 0.0630. The first-order chi connectivity index (χ1) is 13.0. The van der Waals surface area contributed by atoms with Gasteiger partial charge < -0.3 is 22.4 Å². The first kappa shape index (κ1) is 26.3. The second-order valence-electron chi connectivity index (χ2n) is 6.49. The lowest BCUT2D eigenvalue weighted by Crippen LogP contribution is -2.50. The topological polar surface area (TPSA) is 63.2 Å². The monoisotopic (exact) mass is 404 g/mol. The fraction of sp³-hybridized carbons (Fsp3) is 0.850. The zero-order valence-electron chi connectivity index (χ0n) is 17.8. The number of carbonyl (C=O) groups excluding carboxylic acids is 1. The minimum atomic E-state index is -2.98. The zero-order valence-corrected chi connectivity index (χ0v) is 18.8. The van der Waals surface area contributed by atoms with Crippen molar-refractivity contribution in [1.82, 2.24) is 0 Å². The van der Waals surface area contributed by atoms with Gasteiger partial charge in [0.25, 0.3) is 0 Å². The van der Waals surface area contributed by atoms with Crippen LogP contribution in [0.5, 0.6) is 0 Å². The Morgan fingerprint density at radius 2 is 1.48 bits per heavy atom. The molecule has 0 aromatic rings. The van der Waals surface area contributed by atoms with Gasteiger partial charge in [-0.05, 0) is 33.6 Å². The Balaban J connectivity index is 3.65. The molecule has 0 saturated heterocycles. The Labute approximate surface area is 167 Å². The number of esters is 1. The second kappa shape index (κ2) is 17.4. The third kappa shape index (κ3) is 14.0. The molecule has 0 aromatic carbocycles. The van der Waals surface area contributed by atoms with Crippen molar-refractivity contribution in [2.45, 2.75) is 84.7 Å². The summed E-state index contributed by atoms with van der Waals surface area (Å²) >= 11 is 0. The molecule has 0 aromatic heterocycles. The Morgan fingerprint density at radius 1 is 0.963 bits per heavy atom. The molecule has 0 amide bonds. The maximum atomic E-state index is 10.9. The third-order valence-corrected chi connectivity index (χ3v) is 6.63. The summed E-state index contributed by atoms with van der Waals surface area (Å²) in [6.07, 6.45) is 11.5. The van der Waals surface area contributed by atoms with Gasteiger partial charge in [0.2, 0.25) is 0 Å². The van der Waals surface area contributed by atoms with Gasteiger partial charge >= 0.3 is 15.0 Å². The van der Waals surface area contributed by atoms with E-state index >= 15 is 0 Å². The lowest BCUT2D eigenvalue weighted by atomic mass is 10.1. The van der Waals surface area contributed by atoms with E-state index in [1.54, 1.807) is 7.11 Å². The van der Waals surface area contributed by atoms with E-state index in [0.29, 0.717) is 19.8 Å². The molecular formula is C20H40O6Si. The lowest BCUT2D eigenvalue weighted by Gasteiger charge is -2.28. The number of rotatable bonds is 19. The van der Waals surface area contributed by atoms with Crippen molar-refractivity contribution in [3.63, 3.8) is 0 Å². The normalized spacial score (nSPS) is 12.7. The Morgan fingerprint density at radius 3 is 1.96 bits per heavy atom. The predicted octanol–water partition coefficient (Wildman–Crippen LogP) is 4.79. The summed E-state index contributed by atoms with van der Waals surface area (Å²) < 4.78 is 27.7. The fourth-order valence-corrected chi connectivity index (χ4v) is 4.63. The highest BCUT2D eigenvalue weighted by molar-refractivity contribution is 6.53. The van der Waals surface area contributed by atoms with E-state index in [1.165, 1.54) is 38.2 Å². The molecule has 0 aliphatic heterocycles. The van der Waals surface area contributed by atoms with E-state index < -0.39 is 9.05 Å². The summed E-state index contributed by atoms with van der Waals surface area (Å²) in [6, 6.07) is 0. The smallest absolute Gasteiger partial charge is 0.463 e. The standard InChI is InChI=1S/C20H40O6Si/c1-6-20(21)23-18-16-14-12-10-9-11-13-15-17-19(4)26-27(22-5,24-7-2)25-8-3/h6,19H,1,7-18H2,2-5H3. The molecule has 0 rings (SSSR count). The van der Waals surface area contributed by atoms with Gasteiger partial charge in [0.1, 0.15) is 0 Å². The van der Waals surface area contributed by atoms with Crippen molar-refractivity contribution < 1.29 is 27.2 Å². The molecule has 1 atom stereocenters. The molecule has 0 aliphatic rings. The summed E-state index contributed by atoms with van der Waals surface area (Å²) in [5.74, 6) is -0.332. The van der Waals surface area contributed by atoms with Crippen LogP contribution in [-0.2, 0) is 27.2 Å². The van der Waals surface area contributed by atoms with Crippen molar-refractivity contribution in [2.75, 3.05) is 26.9 Å². The average molecular weight is 405 g/mol. The first-order valence-corrected chi connectivity index (χ1v) is 12.0. The van der Waals surface area contributed by atoms with E-state index in [0.717, 1.165) is 25.7 Å². The fourth-order valence-electron chi connectivity index (χ4n) is 2.76. The van der Waals surface area contributed by atoms with Crippen molar-refractivity contribution in [3.05, 3.63) is 12.7 Å². The molecule has 0 N–H and O–H groups in total. The second-order valence-corrected chi connectivity index (χ2v) is 8.71. The van der Waals surface area contributed by atoms with Crippen LogP contribution in [0.3, 0.4) is 0 Å². The van der Waals surface area contributed by atoms with Gasteiger partial charge in [-0.1, -0.05) is 51.5 Å². The summed E-state index contributed by atoms with van der Waals surface area (Å²) in [4.78, 5) is 10.9. The molecule has 0 aliphatic carbocycles. The van der Waals surface area contributed by atoms with Crippen LogP contribution in [0.1, 0.15) is 78.6 Å². The Bertz CT molecular complexity index is 371. The quantitative estimate of drug-likeness (QED) is 0.133. The highest BCUT2D eigenvalue weighted by atomic mass is 28.4. The molecule has 160 valence electrons. The molecule has 1 unspecified atom stereocenters. The van der Waals surface area contributed by atoms with E-state index in [9.17, 15) is 4.79 Å². The number of carbonyl (C=O) groups is 1. The van der Waals surface area contributed by atoms with Crippen LogP contribution in [0.15, 0.2) is 12.7 Å². The average Bonchev–Trinajstić information content (AvgIpc) is 2.66. The number of ether oxygens (including phenoxy) is 1. The first-order valence-electron chi connectivity index (χ1n) is 10.3. The number of unbranched alkanes of at least 4 members (excludes halogenated alkanes) is 7. The van der Waals surface area contributed by atoms with Gasteiger partial charge in [-0.3, -0.25) is 0 Å². The van der Waals surface area contributed by atoms with Gasteiger partial charge in [0.15, 0.2) is 0 Å². The van der Waals surface area contributed by atoms with Crippen LogP contribution in [-0.4, -0.2) is 48.1 Å². The van der Waals surface area contributed by atoms with Crippen LogP contribution < -0.4 is 0 Å². The molecule has 0 fully saturated rings. The van der Waals surface area contributed by atoms with Crippen LogP contribution in [0.25, 0.3) is 0 Å². The van der Waals surface area contributed by atoms with Crippen LogP contribution in [0.4, 0.5) is 0 Å². The molecule has 27 heavy (non-hydrogen) atoms. The number of hydrogen-bond donors (Lipinski definition) is 0. The summed E-state index contributed by atoms with van der Waals surface area (Å²) in [5.41, 5.74) is 0. The third-order valence-electron chi connectivity index (χ3n) is 4.15. The number of hydrogen-bond acceptors (Lipinski definition) is 6. The van der Waals surface area contributed by atoms with Crippen molar-refractivity contribution >= 4 is 15.0 Å². The highest BCUT2D eigenvalue weighted by Crippen LogP contribution is 2.18. The zero-order chi connectivity index (χ0) is 20.4. The summed E-state index contributed by atoms with van der Waals surface area (Å²) in [7, 11) is -1.39. The molecule has 0 heterocycles. The summed E-state index contributed by atoms with van der Waals surface area (Å²) in [5, 5.41) is 0. The molecule has 0 bridgehead atoms.